The van der Waals surface area contributed by atoms with E-state index in [1.165, 1.54) is 10.4 Å². The van der Waals surface area contributed by atoms with Crippen molar-refractivity contribution in [3.05, 3.63) is 56.4 Å². The summed E-state index contributed by atoms with van der Waals surface area (Å²) in [5.74, 6) is 0.205. The van der Waals surface area contributed by atoms with Gasteiger partial charge in [-0.15, -0.1) is 11.3 Å². The van der Waals surface area contributed by atoms with E-state index in [0.29, 0.717) is 5.92 Å². The van der Waals surface area contributed by atoms with Crippen LogP contribution in [0.4, 0.5) is 4.39 Å². The predicted octanol–water partition coefficient (Wildman–Crippen LogP) is 4.59. The molecule has 1 aromatic heterocycles. The Kier molecular flexibility index (Phi) is 5.55. The van der Waals surface area contributed by atoms with E-state index in [1.54, 1.807) is 23.5 Å². The first-order valence-electron chi connectivity index (χ1n) is 6.39. The van der Waals surface area contributed by atoms with Gasteiger partial charge >= 0.3 is 0 Å². The maximum Gasteiger partial charge on any atom is 0.123 e. The van der Waals surface area contributed by atoms with Gasteiger partial charge in [-0.3, -0.25) is 0 Å². The lowest BCUT2D eigenvalue weighted by Crippen LogP contribution is -2.22. The second-order valence-corrected chi connectivity index (χ2v) is 7.01. The third kappa shape index (κ3) is 4.41. The number of likely N-dealkylation sites (N-methyl/N-ethyl adjacent to an activating group) is 1. The van der Waals surface area contributed by atoms with Crippen LogP contribution in [-0.4, -0.2) is 13.1 Å². The fourth-order valence-corrected chi connectivity index (χ4v) is 3.63. The van der Waals surface area contributed by atoms with Gasteiger partial charge in [0.15, 0.2) is 0 Å². The Balaban J connectivity index is 2.13. The molecule has 2 aromatic rings. The second-order valence-electron chi connectivity index (χ2n) is 4.47. The van der Waals surface area contributed by atoms with Crippen molar-refractivity contribution in [3.8, 4) is 0 Å². The van der Waals surface area contributed by atoms with Gasteiger partial charge in [0, 0.05) is 17.3 Å². The van der Waals surface area contributed by atoms with Gasteiger partial charge < -0.3 is 5.32 Å². The minimum absolute atomic E-state index is 0.176. The van der Waals surface area contributed by atoms with Crippen LogP contribution >= 0.6 is 27.3 Å². The molecule has 0 saturated heterocycles. The van der Waals surface area contributed by atoms with Gasteiger partial charge in [-0.1, -0.05) is 19.1 Å². The highest BCUT2D eigenvalue weighted by molar-refractivity contribution is 9.11. The highest BCUT2D eigenvalue weighted by Gasteiger charge is 2.13. The maximum atomic E-state index is 13.0. The van der Waals surface area contributed by atoms with Crippen LogP contribution in [0.1, 0.15) is 23.3 Å². The van der Waals surface area contributed by atoms with E-state index in [0.717, 1.165) is 23.3 Å². The first kappa shape index (κ1) is 14.7. The van der Waals surface area contributed by atoms with Crippen LogP contribution in [0.3, 0.4) is 0 Å². The lowest BCUT2D eigenvalue weighted by molar-refractivity contribution is 0.592. The summed E-state index contributed by atoms with van der Waals surface area (Å²) >= 11 is 5.26. The number of halogens is 2. The number of hydrogen-bond acceptors (Lipinski definition) is 2. The van der Waals surface area contributed by atoms with Crippen molar-refractivity contribution in [1.29, 1.82) is 0 Å². The number of hydrogen-bond donors (Lipinski definition) is 1. The van der Waals surface area contributed by atoms with E-state index in [1.807, 2.05) is 12.1 Å². The molecule has 4 heteroatoms. The number of thiophene rings is 1. The Labute approximate surface area is 126 Å². The standard InChI is InChI=1S/C15H17BrFNS/c1-2-18-10-12(9-14-7-8-15(16)19-14)11-3-5-13(17)6-4-11/h3-8,12,18H,2,9-10H2,1H3. The zero-order valence-corrected chi connectivity index (χ0v) is 13.2. The molecule has 0 aliphatic carbocycles. The normalized spacial score (nSPS) is 12.6. The Morgan fingerprint density at radius 1 is 1.21 bits per heavy atom. The highest BCUT2D eigenvalue weighted by Crippen LogP contribution is 2.28. The molecule has 102 valence electrons. The smallest absolute Gasteiger partial charge is 0.123 e. The molecule has 0 aliphatic heterocycles. The molecular weight excluding hydrogens is 325 g/mol. The van der Waals surface area contributed by atoms with Crippen molar-refractivity contribution in [3.63, 3.8) is 0 Å². The van der Waals surface area contributed by atoms with E-state index in [4.69, 9.17) is 0 Å². The summed E-state index contributed by atoms with van der Waals surface area (Å²) in [6, 6.07) is 11.1. The van der Waals surface area contributed by atoms with Gasteiger partial charge in [0.05, 0.1) is 3.79 Å². The minimum atomic E-state index is -0.176. The summed E-state index contributed by atoms with van der Waals surface area (Å²) in [5.41, 5.74) is 1.19. The van der Waals surface area contributed by atoms with E-state index in [2.05, 4.69) is 40.3 Å². The molecule has 0 bridgehead atoms. The molecule has 0 amide bonds. The Morgan fingerprint density at radius 2 is 1.95 bits per heavy atom. The summed E-state index contributed by atoms with van der Waals surface area (Å²) in [5, 5.41) is 3.39. The zero-order chi connectivity index (χ0) is 13.7. The molecule has 1 unspecified atom stereocenters. The summed E-state index contributed by atoms with van der Waals surface area (Å²) in [6.07, 6.45) is 0.981. The van der Waals surface area contributed by atoms with Crippen LogP contribution in [-0.2, 0) is 6.42 Å². The largest absolute Gasteiger partial charge is 0.316 e. The van der Waals surface area contributed by atoms with Gasteiger partial charge in [-0.05, 0) is 58.7 Å². The van der Waals surface area contributed by atoms with E-state index in [9.17, 15) is 4.39 Å². The Hall–Kier alpha value is -0.710. The van der Waals surface area contributed by atoms with Crippen LogP contribution in [0.25, 0.3) is 0 Å². The molecular formula is C15H17BrFNS. The molecule has 1 heterocycles. The van der Waals surface area contributed by atoms with Gasteiger partial charge in [-0.2, -0.15) is 0 Å². The monoisotopic (exact) mass is 341 g/mol. The average Bonchev–Trinajstić information content (AvgIpc) is 2.81. The van der Waals surface area contributed by atoms with Gasteiger partial charge in [0.2, 0.25) is 0 Å². The maximum absolute atomic E-state index is 13.0. The fraction of sp³-hybridized carbons (Fsp3) is 0.333. The van der Waals surface area contributed by atoms with Gasteiger partial charge in [0.1, 0.15) is 5.82 Å². The number of benzene rings is 1. The summed E-state index contributed by atoms with van der Waals surface area (Å²) in [7, 11) is 0. The van der Waals surface area contributed by atoms with Crippen molar-refractivity contribution in [1.82, 2.24) is 5.32 Å². The van der Waals surface area contributed by atoms with E-state index in [-0.39, 0.29) is 5.82 Å². The molecule has 1 aromatic carbocycles. The van der Waals surface area contributed by atoms with Crippen molar-refractivity contribution in [2.75, 3.05) is 13.1 Å². The molecule has 2 rings (SSSR count). The highest BCUT2D eigenvalue weighted by atomic mass is 79.9. The number of rotatable bonds is 6. The lowest BCUT2D eigenvalue weighted by atomic mass is 9.95. The average molecular weight is 342 g/mol. The lowest BCUT2D eigenvalue weighted by Gasteiger charge is -2.17. The molecule has 19 heavy (non-hydrogen) atoms. The van der Waals surface area contributed by atoms with Crippen LogP contribution in [0, 0.1) is 5.82 Å². The van der Waals surface area contributed by atoms with Gasteiger partial charge in [0.25, 0.3) is 0 Å². The van der Waals surface area contributed by atoms with E-state index < -0.39 is 0 Å². The van der Waals surface area contributed by atoms with E-state index >= 15 is 0 Å². The van der Waals surface area contributed by atoms with Crippen molar-refractivity contribution < 1.29 is 4.39 Å². The first-order chi connectivity index (χ1) is 9.19. The molecule has 0 saturated carbocycles. The summed E-state index contributed by atoms with van der Waals surface area (Å²) in [4.78, 5) is 1.35. The SMILES string of the molecule is CCNCC(Cc1ccc(Br)s1)c1ccc(F)cc1. The van der Waals surface area contributed by atoms with Crippen LogP contribution in [0.2, 0.25) is 0 Å². The molecule has 0 spiro atoms. The Bertz CT molecular complexity index is 509. The van der Waals surface area contributed by atoms with Crippen LogP contribution < -0.4 is 5.32 Å². The van der Waals surface area contributed by atoms with Crippen molar-refractivity contribution in [2.45, 2.75) is 19.3 Å². The molecule has 1 nitrogen and oxygen atoms in total. The third-order valence-electron chi connectivity index (χ3n) is 3.06. The van der Waals surface area contributed by atoms with Crippen LogP contribution in [0.15, 0.2) is 40.2 Å². The molecule has 0 radical (unpaired) electrons. The quantitative estimate of drug-likeness (QED) is 0.810. The first-order valence-corrected chi connectivity index (χ1v) is 8.00. The second kappa shape index (κ2) is 7.17. The molecule has 1 N–H and O–H groups in total. The summed E-state index contributed by atoms with van der Waals surface area (Å²) < 4.78 is 14.2. The topological polar surface area (TPSA) is 12.0 Å². The summed E-state index contributed by atoms with van der Waals surface area (Å²) in [6.45, 7) is 3.97. The predicted molar refractivity (Wildman–Crippen MR) is 83.4 cm³/mol. The molecule has 0 aliphatic rings. The minimum Gasteiger partial charge on any atom is -0.316 e. The Morgan fingerprint density at radius 3 is 2.53 bits per heavy atom. The third-order valence-corrected chi connectivity index (χ3v) is 4.70. The van der Waals surface area contributed by atoms with Crippen molar-refractivity contribution >= 4 is 27.3 Å². The van der Waals surface area contributed by atoms with Gasteiger partial charge in [-0.25, -0.2) is 4.39 Å². The zero-order valence-electron chi connectivity index (χ0n) is 10.8. The fourth-order valence-electron chi connectivity index (χ4n) is 2.07. The number of nitrogens with one attached hydrogen (secondary N) is 1. The van der Waals surface area contributed by atoms with Crippen LogP contribution in [0.5, 0.6) is 0 Å². The molecule has 0 fully saturated rings. The van der Waals surface area contributed by atoms with Crippen molar-refractivity contribution in [2.24, 2.45) is 0 Å². The molecule has 1 atom stereocenters.